The Morgan fingerprint density at radius 1 is 1.19 bits per heavy atom. The molecule has 12 heteroatoms. The molecule has 1 aromatic rings. The van der Waals surface area contributed by atoms with E-state index in [1.165, 1.54) is 23.1 Å². The van der Waals surface area contributed by atoms with E-state index in [0.717, 1.165) is 0 Å². The fourth-order valence-corrected chi connectivity index (χ4v) is 3.53. The van der Waals surface area contributed by atoms with Crippen molar-refractivity contribution in [2.24, 2.45) is 0 Å². The van der Waals surface area contributed by atoms with E-state index >= 15 is 0 Å². The van der Waals surface area contributed by atoms with Crippen LogP contribution in [0.25, 0.3) is 0 Å². The van der Waals surface area contributed by atoms with Crippen molar-refractivity contribution in [2.75, 3.05) is 10.2 Å². The van der Waals surface area contributed by atoms with Gasteiger partial charge in [0.2, 0.25) is 12.2 Å². The molecule has 2 heterocycles. The Balaban J connectivity index is 1.92. The Kier molecular flexibility index (Phi) is 6.88. The summed E-state index contributed by atoms with van der Waals surface area (Å²) >= 11 is 0. The number of hydrogen-bond acceptors (Lipinski definition) is 9. The zero-order chi connectivity index (χ0) is 23.7. The molecule has 12 nitrogen and oxygen atoms in total. The Morgan fingerprint density at radius 2 is 1.88 bits per heavy atom. The molecule has 6 atom stereocenters. The molecule has 176 valence electrons. The molecule has 1 fully saturated rings. The van der Waals surface area contributed by atoms with Crippen LogP contribution in [0.1, 0.15) is 27.2 Å². The lowest BCUT2D eigenvalue weighted by Gasteiger charge is -2.39. The van der Waals surface area contributed by atoms with E-state index < -0.39 is 54.9 Å². The maximum absolute atomic E-state index is 12.7. The number of amides is 2. The number of nitrogens with one attached hydrogen (secondary N) is 1. The number of hydrogen-bond donors (Lipinski definition) is 5. The fraction of sp³-hybridized carbons (Fsp3) is 0.550. The Labute approximate surface area is 183 Å². The van der Waals surface area contributed by atoms with Crippen LogP contribution >= 0.6 is 0 Å². The van der Waals surface area contributed by atoms with Crippen LogP contribution in [0.2, 0.25) is 0 Å². The van der Waals surface area contributed by atoms with Gasteiger partial charge in [-0.05, 0) is 32.4 Å². The van der Waals surface area contributed by atoms with Crippen LogP contribution in [0.4, 0.5) is 16.2 Å². The van der Waals surface area contributed by atoms with Crippen molar-refractivity contribution < 1.29 is 49.0 Å². The van der Waals surface area contributed by atoms with Crippen molar-refractivity contribution in [1.82, 2.24) is 0 Å². The van der Waals surface area contributed by atoms with Crippen molar-refractivity contribution in [3.8, 4) is 5.75 Å². The SMILES string of the molecule is CC[C@H]1C(=O)Nc2ccc(O[C@@H]3O[C@H](C(=O)O)[C@@H](O)[C@H](O)[C@H]3O)cc2N1C(=O)OC(C)C. The zero-order valence-corrected chi connectivity index (χ0v) is 17.7. The molecule has 3 rings (SSSR count). The zero-order valence-electron chi connectivity index (χ0n) is 17.7. The lowest BCUT2D eigenvalue weighted by Crippen LogP contribution is -2.61. The minimum Gasteiger partial charge on any atom is -0.479 e. The highest BCUT2D eigenvalue weighted by atomic mass is 16.7. The van der Waals surface area contributed by atoms with Crippen LogP contribution in [0.3, 0.4) is 0 Å². The highest BCUT2D eigenvalue weighted by molar-refractivity contribution is 6.10. The molecular weight excluding hydrogens is 428 g/mol. The maximum Gasteiger partial charge on any atom is 0.415 e. The third-order valence-corrected chi connectivity index (χ3v) is 5.09. The van der Waals surface area contributed by atoms with Gasteiger partial charge in [-0.1, -0.05) is 6.92 Å². The number of nitrogens with zero attached hydrogens (tertiary/aromatic N) is 1. The molecule has 0 spiro atoms. The van der Waals surface area contributed by atoms with Crippen LogP contribution in [-0.4, -0.2) is 81.2 Å². The molecule has 2 aliphatic rings. The number of aliphatic hydroxyl groups is 3. The van der Waals surface area contributed by atoms with Crippen LogP contribution in [-0.2, 0) is 19.1 Å². The molecule has 2 aliphatic heterocycles. The summed E-state index contributed by atoms with van der Waals surface area (Å²) < 4.78 is 15.9. The number of aliphatic hydroxyl groups excluding tert-OH is 3. The van der Waals surface area contributed by atoms with Gasteiger partial charge in [-0.15, -0.1) is 0 Å². The van der Waals surface area contributed by atoms with Gasteiger partial charge in [-0.25, -0.2) is 9.59 Å². The molecule has 0 radical (unpaired) electrons. The first-order valence-corrected chi connectivity index (χ1v) is 10.1. The van der Waals surface area contributed by atoms with Gasteiger partial charge >= 0.3 is 12.1 Å². The number of anilines is 2. The Morgan fingerprint density at radius 3 is 2.47 bits per heavy atom. The summed E-state index contributed by atoms with van der Waals surface area (Å²) in [6.45, 7) is 5.07. The maximum atomic E-state index is 12.7. The quantitative estimate of drug-likeness (QED) is 0.408. The summed E-state index contributed by atoms with van der Waals surface area (Å²) in [7, 11) is 0. The van der Waals surface area contributed by atoms with Crippen molar-refractivity contribution in [3.05, 3.63) is 18.2 Å². The predicted octanol–water partition coefficient (Wildman–Crippen LogP) is 0.0397. The van der Waals surface area contributed by atoms with E-state index in [1.54, 1.807) is 20.8 Å². The van der Waals surface area contributed by atoms with Gasteiger partial charge in [-0.2, -0.15) is 0 Å². The number of fused-ring (bicyclic) bond motifs is 1. The second kappa shape index (κ2) is 9.28. The second-order valence-electron chi connectivity index (χ2n) is 7.75. The van der Waals surface area contributed by atoms with Crippen molar-refractivity contribution in [3.63, 3.8) is 0 Å². The molecule has 0 bridgehead atoms. The summed E-state index contributed by atoms with van der Waals surface area (Å²) in [6.07, 6.45) is -9.74. The summed E-state index contributed by atoms with van der Waals surface area (Å²) in [5, 5.41) is 41.8. The monoisotopic (exact) mass is 454 g/mol. The number of carboxylic acid groups (broad SMARTS) is 1. The molecule has 0 aliphatic carbocycles. The van der Waals surface area contributed by atoms with Gasteiger partial charge in [0.25, 0.3) is 0 Å². The Bertz CT molecular complexity index is 891. The largest absolute Gasteiger partial charge is 0.479 e. The van der Waals surface area contributed by atoms with E-state index in [4.69, 9.17) is 14.2 Å². The highest BCUT2D eigenvalue weighted by Crippen LogP contribution is 2.37. The van der Waals surface area contributed by atoms with Gasteiger partial charge in [0.05, 0.1) is 17.5 Å². The van der Waals surface area contributed by atoms with Crippen LogP contribution in [0, 0.1) is 0 Å². The van der Waals surface area contributed by atoms with Crippen LogP contribution < -0.4 is 15.0 Å². The van der Waals surface area contributed by atoms with Crippen LogP contribution in [0.5, 0.6) is 5.75 Å². The number of carbonyl (C=O) groups is 3. The minimum absolute atomic E-state index is 0.0499. The van der Waals surface area contributed by atoms with Crippen molar-refractivity contribution >= 4 is 29.3 Å². The van der Waals surface area contributed by atoms with E-state index in [0.29, 0.717) is 12.1 Å². The number of aliphatic carboxylic acids is 1. The first-order chi connectivity index (χ1) is 15.0. The average Bonchev–Trinajstić information content (AvgIpc) is 2.72. The second-order valence-corrected chi connectivity index (χ2v) is 7.75. The third-order valence-electron chi connectivity index (χ3n) is 5.09. The molecule has 1 saturated heterocycles. The lowest BCUT2D eigenvalue weighted by atomic mass is 9.99. The smallest absolute Gasteiger partial charge is 0.415 e. The van der Waals surface area contributed by atoms with Crippen LogP contribution in [0.15, 0.2) is 18.2 Å². The van der Waals surface area contributed by atoms with Crippen molar-refractivity contribution in [2.45, 2.75) is 70.0 Å². The van der Waals surface area contributed by atoms with Gasteiger partial charge < -0.3 is 40.0 Å². The molecule has 0 aromatic heterocycles. The normalized spacial score (nSPS) is 29.8. The predicted molar refractivity (Wildman–Crippen MR) is 108 cm³/mol. The molecule has 2 amide bonds. The summed E-state index contributed by atoms with van der Waals surface area (Å²) in [5.41, 5.74) is 0.581. The standard InChI is InChI=1S/C20H26N2O10/c1-4-11-17(26)21-10-6-5-9(7-12(10)22(11)20(29)30-8(2)3)31-19-15(25)13(23)14(24)16(32-19)18(27)28/h5-8,11,13-16,19,23-25H,4H2,1-3H3,(H,21,26)(H,27,28)/t11-,13-,14-,15+,16-,19+/m0/s1. The molecular formula is C20H26N2O10. The first kappa shape index (κ1) is 23.7. The molecule has 0 unspecified atom stereocenters. The topological polar surface area (TPSA) is 175 Å². The number of ether oxygens (including phenoxy) is 3. The van der Waals surface area contributed by atoms with Gasteiger partial charge in [-0.3, -0.25) is 9.69 Å². The molecule has 32 heavy (non-hydrogen) atoms. The summed E-state index contributed by atoms with van der Waals surface area (Å²) in [6, 6.07) is 3.41. The number of rotatable bonds is 5. The van der Waals surface area contributed by atoms with E-state index in [2.05, 4.69) is 5.32 Å². The van der Waals surface area contributed by atoms with E-state index in [9.17, 15) is 34.8 Å². The van der Waals surface area contributed by atoms with Gasteiger partial charge in [0, 0.05) is 6.07 Å². The van der Waals surface area contributed by atoms with E-state index in [-0.39, 0.29) is 17.3 Å². The number of benzene rings is 1. The molecule has 1 aromatic carbocycles. The summed E-state index contributed by atoms with van der Waals surface area (Å²) in [5.74, 6) is -1.88. The molecule has 5 N–H and O–H groups in total. The van der Waals surface area contributed by atoms with E-state index in [1.807, 2.05) is 0 Å². The summed E-state index contributed by atoms with van der Waals surface area (Å²) in [4.78, 5) is 37.7. The number of carbonyl (C=O) groups excluding carboxylic acids is 2. The lowest BCUT2D eigenvalue weighted by molar-refractivity contribution is -0.271. The minimum atomic E-state index is -1.85. The third kappa shape index (κ3) is 4.48. The van der Waals surface area contributed by atoms with Gasteiger partial charge in [0.15, 0.2) is 6.10 Å². The highest BCUT2D eigenvalue weighted by Gasteiger charge is 2.48. The first-order valence-electron chi connectivity index (χ1n) is 10.1. The molecule has 0 saturated carbocycles. The van der Waals surface area contributed by atoms with Gasteiger partial charge in [0.1, 0.15) is 30.1 Å². The fourth-order valence-electron chi connectivity index (χ4n) is 3.53. The average molecular weight is 454 g/mol. The van der Waals surface area contributed by atoms with Crippen molar-refractivity contribution in [1.29, 1.82) is 0 Å². The Hall–Kier alpha value is -2.93. The number of carboxylic acids is 1.